The summed E-state index contributed by atoms with van der Waals surface area (Å²) in [6, 6.07) is 0.568. The first-order valence-electron chi connectivity index (χ1n) is 4.81. The van der Waals surface area contributed by atoms with Gasteiger partial charge in [0.15, 0.2) is 0 Å². The van der Waals surface area contributed by atoms with E-state index in [0.29, 0.717) is 6.04 Å². The van der Waals surface area contributed by atoms with Gasteiger partial charge in [0.2, 0.25) is 0 Å². The Hall–Kier alpha value is -0.370. The van der Waals surface area contributed by atoms with Crippen molar-refractivity contribution in [3.05, 3.63) is 0 Å². The minimum atomic E-state index is -0.264. The van der Waals surface area contributed by atoms with Crippen LogP contribution in [0.5, 0.6) is 0 Å². The summed E-state index contributed by atoms with van der Waals surface area (Å²) in [7, 11) is 0. The maximum atomic E-state index is 10.8. The van der Waals surface area contributed by atoms with Crippen LogP contribution in [0.4, 0.5) is 0 Å². The van der Waals surface area contributed by atoms with E-state index in [1.54, 1.807) is 0 Å². The second-order valence-electron chi connectivity index (χ2n) is 4.31. The third-order valence-corrected chi connectivity index (χ3v) is 2.83. The number of aldehydes is 1. The Kier molecular flexibility index (Phi) is 2.89. The van der Waals surface area contributed by atoms with Gasteiger partial charge in [-0.15, -0.1) is 0 Å². The fourth-order valence-electron chi connectivity index (χ4n) is 2.02. The molecule has 0 bridgehead atoms. The van der Waals surface area contributed by atoms with Crippen molar-refractivity contribution in [3.8, 4) is 0 Å². The summed E-state index contributed by atoms with van der Waals surface area (Å²) in [4.78, 5) is 13.1. The van der Waals surface area contributed by atoms with Crippen molar-refractivity contribution in [2.24, 2.45) is 0 Å². The molecule has 0 spiro atoms. The fourth-order valence-corrected chi connectivity index (χ4v) is 2.02. The third-order valence-electron chi connectivity index (χ3n) is 2.83. The van der Waals surface area contributed by atoms with E-state index < -0.39 is 0 Å². The van der Waals surface area contributed by atoms with Crippen LogP contribution in [0.3, 0.4) is 0 Å². The van der Waals surface area contributed by atoms with Gasteiger partial charge in [-0.25, -0.2) is 0 Å². The van der Waals surface area contributed by atoms with Crippen LogP contribution in [0.1, 0.15) is 40.0 Å². The van der Waals surface area contributed by atoms with E-state index >= 15 is 0 Å². The fraction of sp³-hybridized carbons (Fsp3) is 0.900. The van der Waals surface area contributed by atoms with Crippen molar-refractivity contribution in [1.82, 2.24) is 4.90 Å². The first kappa shape index (κ1) is 9.72. The smallest absolute Gasteiger partial charge is 0.139 e. The van der Waals surface area contributed by atoms with E-state index in [9.17, 15) is 4.79 Å². The summed E-state index contributed by atoms with van der Waals surface area (Å²) in [6.45, 7) is 7.29. The van der Waals surface area contributed by atoms with Crippen LogP contribution in [0.2, 0.25) is 0 Å². The first-order valence-corrected chi connectivity index (χ1v) is 4.81. The Morgan fingerprint density at radius 1 is 1.42 bits per heavy atom. The van der Waals surface area contributed by atoms with Crippen molar-refractivity contribution in [1.29, 1.82) is 0 Å². The standard InChI is InChI=1S/C10H19NO/c1-9-6-4-5-7-11(9)10(2,3)8-12/h8-9H,4-7H2,1-3H3. The summed E-state index contributed by atoms with van der Waals surface area (Å²) in [5.74, 6) is 0. The van der Waals surface area contributed by atoms with Gasteiger partial charge in [-0.2, -0.15) is 0 Å². The van der Waals surface area contributed by atoms with E-state index in [-0.39, 0.29) is 5.54 Å². The van der Waals surface area contributed by atoms with Gasteiger partial charge in [0.05, 0.1) is 5.54 Å². The highest BCUT2D eigenvalue weighted by atomic mass is 16.1. The highest BCUT2D eigenvalue weighted by Crippen LogP contribution is 2.23. The molecule has 12 heavy (non-hydrogen) atoms. The molecule has 1 aliphatic heterocycles. The van der Waals surface area contributed by atoms with Crippen molar-refractivity contribution < 1.29 is 4.79 Å². The van der Waals surface area contributed by atoms with E-state index in [2.05, 4.69) is 11.8 Å². The number of carbonyl (C=O) groups excluding carboxylic acids is 1. The van der Waals surface area contributed by atoms with Crippen LogP contribution in [0, 0.1) is 0 Å². The average Bonchev–Trinajstić information content (AvgIpc) is 2.05. The number of rotatable bonds is 2. The van der Waals surface area contributed by atoms with Crippen LogP contribution in [0.15, 0.2) is 0 Å². The number of hydrogen-bond donors (Lipinski definition) is 0. The predicted octanol–water partition coefficient (Wildman–Crippen LogP) is 1.84. The second kappa shape index (κ2) is 3.56. The van der Waals surface area contributed by atoms with Gasteiger partial charge in [0.25, 0.3) is 0 Å². The highest BCUT2D eigenvalue weighted by Gasteiger charge is 2.31. The summed E-state index contributed by atoms with van der Waals surface area (Å²) in [5, 5.41) is 0. The quantitative estimate of drug-likeness (QED) is 0.588. The molecule has 2 heteroatoms. The lowest BCUT2D eigenvalue weighted by atomic mass is 9.95. The van der Waals surface area contributed by atoms with Gasteiger partial charge in [0, 0.05) is 6.04 Å². The average molecular weight is 169 g/mol. The van der Waals surface area contributed by atoms with Crippen LogP contribution >= 0.6 is 0 Å². The predicted molar refractivity (Wildman–Crippen MR) is 50.2 cm³/mol. The van der Waals surface area contributed by atoms with Crippen molar-refractivity contribution >= 4 is 6.29 Å². The van der Waals surface area contributed by atoms with Gasteiger partial charge in [-0.1, -0.05) is 6.42 Å². The van der Waals surface area contributed by atoms with Gasteiger partial charge in [-0.05, 0) is 40.2 Å². The SMILES string of the molecule is CC1CCCCN1C(C)(C)C=O. The van der Waals surface area contributed by atoms with Crippen LogP contribution in [0.25, 0.3) is 0 Å². The Balaban J connectivity index is 2.64. The van der Waals surface area contributed by atoms with E-state index in [1.165, 1.54) is 19.3 Å². The normalized spacial score (nSPS) is 27.1. The van der Waals surface area contributed by atoms with E-state index in [4.69, 9.17) is 0 Å². The first-order chi connectivity index (χ1) is 5.58. The molecule has 0 radical (unpaired) electrons. The number of nitrogens with zero attached hydrogens (tertiary/aromatic N) is 1. The molecule has 0 N–H and O–H groups in total. The van der Waals surface area contributed by atoms with Gasteiger partial charge >= 0.3 is 0 Å². The lowest BCUT2D eigenvalue weighted by molar-refractivity contribution is -0.119. The molecule has 0 aromatic heterocycles. The molecular weight excluding hydrogens is 150 g/mol. The number of hydrogen-bond acceptors (Lipinski definition) is 2. The van der Waals surface area contributed by atoms with Gasteiger partial charge in [0.1, 0.15) is 6.29 Å². The molecule has 1 unspecified atom stereocenters. The molecule has 1 atom stereocenters. The Bertz CT molecular complexity index is 165. The van der Waals surface area contributed by atoms with Crippen LogP contribution < -0.4 is 0 Å². The third kappa shape index (κ3) is 1.86. The maximum Gasteiger partial charge on any atom is 0.139 e. The van der Waals surface area contributed by atoms with Crippen molar-refractivity contribution in [2.45, 2.75) is 51.6 Å². The molecule has 0 amide bonds. The molecule has 1 fully saturated rings. The van der Waals surface area contributed by atoms with Crippen LogP contribution in [-0.2, 0) is 4.79 Å². The summed E-state index contributed by atoms with van der Waals surface area (Å²) in [5.41, 5.74) is -0.264. The molecule has 0 aromatic carbocycles. The van der Waals surface area contributed by atoms with E-state index in [1.807, 2.05) is 13.8 Å². The Morgan fingerprint density at radius 3 is 2.58 bits per heavy atom. The lowest BCUT2D eigenvalue weighted by Gasteiger charge is -2.42. The molecule has 0 aromatic rings. The number of piperidine rings is 1. The van der Waals surface area contributed by atoms with Crippen LogP contribution in [-0.4, -0.2) is 29.3 Å². The number of likely N-dealkylation sites (tertiary alicyclic amines) is 1. The highest BCUT2D eigenvalue weighted by molar-refractivity contribution is 5.62. The Labute approximate surface area is 74.9 Å². The summed E-state index contributed by atoms with van der Waals surface area (Å²) in [6.07, 6.45) is 4.85. The molecule has 0 aliphatic carbocycles. The molecule has 1 aliphatic rings. The maximum absolute atomic E-state index is 10.8. The summed E-state index contributed by atoms with van der Waals surface area (Å²) >= 11 is 0. The molecule has 1 rings (SSSR count). The zero-order chi connectivity index (χ0) is 9.19. The zero-order valence-electron chi connectivity index (χ0n) is 8.34. The molecule has 2 nitrogen and oxygen atoms in total. The molecular formula is C10H19NO. The largest absolute Gasteiger partial charge is 0.301 e. The van der Waals surface area contributed by atoms with Gasteiger partial charge < -0.3 is 4.79 Å². The molecule has 0 saturated carbocycles. The minimum absolute atomic E-state index is 0.264. The minimum Gasteiger partial charge on any atom is -0.301 e. The Morgan fingerprint density at radius 2 is 2.08 bits per heavy atom. The second-order valence-corrected chi connectivity index (χ2v) is 4.31. The topological polar surface area (TPSA) is 20.3 Å². The lowest BCUT2D eigenvalue weighted by Crippen LogP contribution is -2.52. The van der Waals surface area contributed by atoms with Crippen molar-refractivity contribution in [2.75, 3.05) is 6.54 Å². The summed E-state index contributed by atoms with van der Waals surface area (Å²) < 4.78 is 0. The molecule has 1 heterocycles. The monoisotopic (exact) mass is 169 g/mol. The van der Waals surface area contributed by atoms with Gasteiger partial charge in [-0.3, -0.25) is 4.90 Å². The van der Waals surface area contributed by atoms with E-state index in [0.717, 1.165) is 12.8 Å². The number of carbonyl (C=O) groups is 1. The molecule has 70 valence electrons. The van der Waals surface area contributed by atoms with Crippen molar-refractivity contribution in [3.63, 3.8) is 0 Å². The molecule has 1 saturated heterocycles. The zero-order valence-corrected chi connectivity index (χ0v) is 8.34.